The van der Waals surface area contributed by atoms with E-state index in [1.54, 1.807) is 0 Å². The number of nitrogens with one attached hydrogen (secondary N) is 2. The molecule has 0 aliphatic heterocycles. The Bertz CT molecular complexity index is 490. The highest BCUT2D eigenvalue weighted by molar-refractivity contribution is 5.30. The normalized spacial score (nSPS) is 11.2. The van der Waals surface area contributed by atoms with Crippen LogP contribution in [0.25, 0.3) is 5.69 Å². The quantitative estimate of drug-likeness (QED) is 0.724. The Morgan fingerprint density at radius 3 is 2.60 bits per heavy atom. The van der Waals surface area contributed by atoms with Crippen LogP contribution in [-0.4, -0.2) is 29.4 Å². The van der Waals surface area contributed by atoms with Gasteiger partial charge in [0.05, 0.1) is 11.9 Å². The maximum atomic E-state index is 4.39. The largest absolute Gasteiger partial charge is 0.315 e. The van der Waals surface area contributed by atoms with Gasteiger partial charge < -0.3 is 10.6 Å². The van der Waals surface area contributed by atoms with E-state index >= 15 is 0 Å². The topological polar surface area (TPSA) is 41.9 Å². The fraction of sp³-hybridized carbons (Fsp3) is 0.438. The summed E-state index contributed by atoms with van der Waals surface area (Å²) in [5, 5.41) is 11.2. The summed E-state index contributed by atoms with van der Waals surface area (Å²) in [6.07, 6.45) is 3.99. The smallest absolute Gasteiger partial charge is 0.0645 e. The second kappa shape index (κ2) is 7.82. The van der Waals surface area contributed by atoms with Gasteiger partial charge in [0.15, 0.2) is 0 Å². The van der Waals surface area contributed by atoms with Crippen LogP contribution in [0.5, 0.6) is 0 Å². The molecule has 0 saturated heterocycles. The highest BCUT2D eigenvalue weighted by atomic mass is 15.3. The van der Waals surface area contributed by atoms with Gasteiger partial charge in [-0.25, -0.2) is 4.68 Å². The lowest BCUT2D eigenvalue weighted by atomic mass is 10.2. The third kappa shape index (κ3) is 4.79. The molecule has 0 aliphatic rings. The lowest BCUT2D eigenvalue weighted by Gasteiger charge is -2.07. The number of hydrogen-bond donors (Lipinski definition) is 2. The highest BCUT2D eigenvalue weighted by Crippen LogP contribution is 2.07. The maximum Gasteiger partial charge on any atom is 0.0645 e. The van der Waals surface area contributed by atoms with Crippen LogP contribution in [0.3, 0.4) is 0 Å². The minimum Gasteiger partial charge on any atom is -0.315 e. The van der Waals surface area contributed by atoms with Gasteiger partial charge >= 0.3 is 0 Å². The molecule has 2 N–H and O–H groups in total. The first-order valence-corrected chi connectivity index (χ1v) is 7.26. The summed E-state index contributed by atoms with van der Waals surface area (Å²) in [6.45, 7) is 8.36. The van der Waals surface area contributed by atoms with Crippen molar-refractivity contribution in [1.29, 1.82) is 0 Å². The first-order valence-electron chi connectivity index (χ1n) is 7.26. The van der Waals surface area contributed by atoms with Gasteiger partial charge in [-0.05, 0) is 24.6 Å². The minimum atomic E-state index is 0.708. The Morgan fingerprint density at radius 1 is 1.10 bits per heavy atom. The summed E-state index contributed by atoms with van der Waals surface area (Å²) in [6, 6.07) is 10.2. The SMILES string of the molecule is CC(C)CNCCNCc1cnn(-c2ccccc2)c1. The van der Waals surface area contributed by atoms with E-state index in [1.807, 2.05) is 29.1 Å². The number of rotatable bonds is 8. The van der Waals surface area contributed by atoms with Gasteiger partial charge in [-0.3, -0.25) is 0 Å². The molecular formula is C16H24N4. The van der Waals surface area contributed by atoms with Crippen molar-refractivity contribution in [1.82, 2.24) is 20.4 Å². The van der Waals surface area contributed by atoms with Crippen LogP contribution in [0.1, 0.15) is 19.4 Å². The molecule has 0 radical (unpaired) electrons. The monoisotopic (exact) mass is 272 g/mol. The van der Waals surface area contributed by atoms with Crippen LogP contribution >= 0.6 is 0 Å². The van der Waals surface area contributed by atoms with Gasteiger partial charge in [0, 0.05) is 31.4 Å². The summed E-state index contributed by atoms with van der Waals surface area (Å²) in [5.74, 6) is 0.708. The molecule has 2 rings (SSSR count). The third-order valence-corrected chi connectivity index (χ3v) is 3.02. The first kappa shape index (κ1) is 14.8. The zero-order chi connectivity index (χ0) is 14.2. The zero-order valence-electron chi connectivity index (χ0n) is 12.3. The van der Waals surface area contributed by atoms with Crippen molar-refractivity contribution in [2.75, 3.05) is 19.6 Å². The van der Waals surface area contributed by atoms with Gasteiger partial charge in [-0.15, -0.1) is 0 Å². The molecule has 0 amide bonds. The Labute approximate surface area is 121 Å². The van der Waals surface area contributed by atoms with Crippen molar-refractivity contribution in [2.24, 2.45) is 5.92 Å². The van der Waals surface area contributed by atoms with E-state index in [0.29, 0.717) is 5.92 Å². The first-order chi connectivity index (χ1) is 9.75. The van der Waals surface area contributed by atoms with Gasteiger partial charge in [0.25, 0.3) is 0 Å². The van der Waals surface area contributed by atoms with Crippen LogP contribution < -0.4 is 10.6 Å². The molecule has 0 bridgehead atoms. The molecule has 0 atom stereocenters. The Hall–Kier alpha value is -1.65. The number of benzene rings is 1. The molecule has 4 nitrogen and oxygen atoms in total. The molecule has 108 valence electrons. The molecule has 1 heterocycles. The van der Waals surface area contributed by atoms with Crippen LogP contribution in [0, 0.1) is 5.92 Å². The maximum absolute atomic E-state index is 4.39. The van der Waals surface area contributed by atoms with Crippen molar-refractivity contribution >= 4 is 0 Å². The van der Waals surface area contributed by atoms with E-state index < -0.39 is 0 Å². The molecule has 4 heteroatoms. The summed E-state index contributed by atoms with van der Waals surface area (Å²) < 4.78 is 1.91. The van der Waals surface area contributed by atoms with Crippen molar-refractivity contribution in [3.05, 3.63) is 48.3 Å². The molecular weight excluding hydrogens is 248 g/mol. The Balaban J connectivity index is 1.71. The predicted octanol–water partition coefficient (Wildman–Crippen LogP) is 2.21. The van der Waals surface area contributed by atoms with Crippen LogP contribution in [0.4, 0.5) is 0 Å². The standard InChI is InChI=1S/C16H24N4/c1-14(2)10-17-8-9-18-11-15-12-19-20(13-15)16-6-4-3-5-7-16/h3-7,12-14,17-18H,8-11H2,1-2H3. The van der Waals surface area contributed by atoms with Gasteiger partial charge in [0.1, 0.15) is 0 Å². The van der Waals surface area contributed by atoms with Gasteiger partial charge in [-0.1, -0.05) is 32.0 Å². The summed E-state index contributed by atoms with van der Waals surface area (Å²) in [7, 11) is 0. The Kier molecular flexibility index (Phi) is 5.77. The number of para-hydroxylation sites is 1. The van der Waals surface area contributed by atoms with Crippen molar-refractivity contribution in [3.8, 4) is 5.69 Å². The molecule has 0 unspecified atom stereocenters. The summed E-state index contributed by atoms with van der Waals surface area (Å²) >= 11 is 0. The van der Waals surface area contributed by atoms with Crippen LogP contribution in [0.15, 0.2) is 42.7 Å². The fourth-order valence-electron chi connectivity index (χ4n) is 1.97. The summed E-state index contributed by atoms with van der Waals surface area (Å²) in [5.41, 5.74) is 2.30. The number of nitrogens with zero attached hydrogens (tertiary/aromatic N) is 2. The second-order valence-corrected chi connectivity index (χ2v) is 5.40. The second-order valence-electron chi connectivity index (χ2n) is 5.40. The van der Waals surface area contributed by atoms with Gasteiger partial charge in [0.2, 0.25) is 0 Å². The zero-order valence-corrected chi connectivity index (χ0v) is 12.3. The molecule has 0 saturated carbocycles. The van der Waals surface area contributed by atoms with E-state index in [-0.39, 0.29) is 0 Å². The third-order valence-electron chi connectivity index (χ3n) is 3.02. The molecule has 20 heavy (non-hydrogen) atoms. The molecule has 2 aromatic rings. The number of hydrogen-bond acceptors (Lipinski definition) is 3. The van der Waals surface area contributed by atoms with E-state index in [9.17, 15) is 0 Å². The van der Waals surface area contributed by atoms with Gasteiger partial charge in [-0.2, -0.15) is 5.10 Å². The van der Waals surface area contributed by atoms with Crippen molar-refractivity contribution < 1.29 is 0 Å². The lowest BCUT2D eigenvalue weighted by molar-refractivity contribution is 0.535. The Morgan fingerprint density at radius 2 is 1.85 bits per heavy atom. The molecule has 0 fully saturated rings. The van der Waals surface area contributed by atoms with Crippen molar-refractivity contribution in [3.63, 3.8) is 0 Å². The molecule has 1 aromatic heterocycles. The van der Waals surface area contributed by atoms with E-state index in [1.165, 1.54) is 5.56 Å². The predicted molar refractivity (Wildman–Crippen MR) is 83.0 cm³/mol. The van der Waals surface area contributed by atoms with E-state index in [0.717, 1.165) is 31.9 Å². The average molecular weight is 272 g/mol. The highest BCUT2D eigenvalue weighted by Gasteiger charge is 2.00. The van der Waals surface area contributed by atoms with Crippen molar-refractivity contribution in [2.45, 2.75) is 20.4 Å². The van der Waals surface area contributed by atoms with E-state index in [2.05, 4.69) is 47.9 Å². The fourth-order valence-corrected chi connectivity index (χ4v) is 1.97. The summed E-state index contributed by atoms with van der Waals surface area (Å²) in [4.78, 5) is 0. The molecule has 0 aliphatic carbocycles. The number of aromatic nitrogens is 2. The minimum absolute atomic E-state index is 0.708. The van der Waals surface area contributed by atoms with Crippen LogP contribution in [0.2, 0.25) is 0 Å². The van der Waals surface area contributed by atoms with Crippen LogP contribution in [-0.2, 0) is 6.54 Å². The molecule has 0 spiro atoms. The average Bonchev–Trinajstić information content (AvgIpc) is 2.92. The molecule has 1 aromatic carbocycles. The lowest BCUT2D eigenvalue weighted by Crippen LogP contribution is -2.29. The van der Waals surface area contributed by atoms with E-state index in [4.69, 9.17) is 0 Å².